The second-order valence-corrected chi connectivity index (χ2v) is 3.89. The van der Waals surface area contributed by atoms with Crippen LogP contribution >= 0.6 is 0 Å². The van der Waals surface area contributed by atoms with E-state index in [0.717, 1.165) is 0 Å². The molecule has 0 unspecified atom stereocenters. The fraction of sp³-hybridized carbons (Fsp3) is 0.238. The molecule has 0 nitrogen and oxygen atoms in total. The SMILES string of the molecule is C.C.C.C.C=Cc1ccccc1/C=c1/cccc/c1=C/C. The minimum Gasteiger partial charge on any atom is -0.0984 e. The summed E-state index contributed by atoms with van der Waals surface area (Å²) in [5.74, 6) is 0. The van der Waals surface area contributed by atoms with Crippen LogP contribution in [-0.2, 0) is 0 Å². The molecule has 0 N–H and O–H groups in total. The molecule has 0 amide bonds. The van der Waals surface area contributed by atoms with E-state index < -0.39 is 0 Å². The molecule has 0 aliphatic rings. The van der Waals surface area contributed by atoms with E-state index in [9.17, 15) is 0 Å². The Labute approximate surface area is 132 Å². The highest BCUT2D eigenvalue weighted by Gasteiger charge is 1.93. The summed E-state index contributed by atoms with van der Waals surface area (Å²) in [5.41, 5.74) is 2.37. The van der Waals surface area contributed by atoms with Crippen molar-refractivity contribution in [1.29, 1.82) is 0 Å². The van der Waals surface area contributed by atoms with Gasteiger partial charge in [-0.25, -0.2) is 0 Å². The van der Waals surface area contributed by atoms with Crippen molar-refractivity contribution in [2.24, 2.45) is 0 Å². The quantitative estimate of drug-likeness (QED) is 0.682. The van der Waals surface area contributed by atoms with Crippen LogP contribution in [0.5, 0.6) is 0 Å². The maximum absolute atomic E-state index is 3.85. The maximum atomic E-state index is 3.85. The Morgan fingerprint density at radius 1 is 0.714 bits per heavy atom. The van der Waals surface area contributed by atoms with Gasteiger partial charge in [-0.3, -0.25) is 0 Å². The first kappa shape index (κ1) is 24.0. The van der Waals surface area contributed by atoms with E-state index in [2.05, 4.69) is 68.1 Å². The molecule has 2 rings (SSSR count). The van der Waals surface area contributed by atoms with Gasteiger partial charge in [-0.05, 0) is 34.6 Å². The van der Waals surface area contributed by atoms with E-state index in [1.807, 2.05) is 12.1 Å². The van der Waals surface area contributed by atoms with Crippen molar-refractivity contribution in [1.82, 2.24) is 0 Å². The van der Waals surface area contributed by atoms with Crippen molar-refractivity contribution in [3.05, 3.63) is 76.7 Å². The van der Waals surface area contributed by atoms with Gasteiger partial charge in [0, 0.05) is 0 Å². The summed E-state index contributed by atoms with van der Waals surface area (Å²) < 4.78 is 0. The molecule has 0 radical (unpaired) electrons. The third-order valence-corrected chi connectivity index (χ3v) is 2.83. The summed E-state index contributed by atoms with van der Waals surface area (Å²) >= 11 is 0. The zero-order valence-corrected chi connectivity index (χ0v) is 10.1. The molecule has 0 aliphatic heterocycles. The van der Waals surface area contributed by atoms with Crippen LogP contribution < -0.4 is 10.4 Å². The zero-order valence-electron chi connectivity index (χ0n) is 10.1. The molecule has 0 heterocycles. The van der Waals surface area contributed by atoms with E-state index in [1.54, 1.807) is 0 Å². The monoisotopic (exact) mass is 284 g/mol. The van der Waals surface area contributed by atoms with Crippen LogP contribution in [0.4, 0.5) is 0 Å². The molecular formula is C21H32. The fourth-order valence-electron chi connectivity index (χ4n) is 1.90. The van der Waals surface area contributed by atoms with Gasteiger partial charge in [0.25, 0.3) is 0 Å². The van der Waals surface area contributed by atoms with Crippen LogP contribution in [0, 0.1) is 0 Å². The van der Waals surface area contributed by atoms with Crippen LogP contribution in [0.15, 0.2) is 55.1 Å². The van der Waals surface area contributed by atoms with E-state index >= 15 is 0 Å². The standard InChI is InChI=1S/C17H16.4CH4/c1-3-14-9-5-7-11-16(14)13-17-12-8-6-10-15(17)4-2;;;;/h3-13H,1H2,2H3;4*1H4/b15-4-,17-13-;;;;. The average Bonchev–Trinajstić information content (AvgIpc) is 2.40. The van der Waals surface area contributed by atoms with Gasteiger partial charge < -0.3 is 0 Å². The number of rotatable bonds is 2. The molecule has 0 fully saturated rings. The van der Waals surface area contributed by atoms with Crippen LogP contribution in [0.25, 0.3) is 18.2 Å². The average molecular weight is 284 g/mol. The number of hydrogen-bond donors (Lipinski definition) is 0. The van der Waals surface area contributed by atoms with Crippen molar-refractivity contribution >= 4 is 18.2 Å². The molecule has 0 aliphatic carbocycles. The first-order valence-corrected chi connectivity index (χ1v) is 5.79. The highest BCUT2D eigenvalue weighted by Crippen LogP contribution is 2.09. The summed E-state index contributed by atoms with van der Waals surface area (Å²) in [6.45, 7) is 5.91. The lowest BCUT2D eigenvalue weighted by atomic mass is 10.1. The zero-order chi connectivity index (χ0) is 12.1. The number of benzene rings is 2. The second-order valence-electron chi connectivity index (χ2n) is 3.89. The van der Waals surface area contributed by atoms with Crippen molar-refractivity contribution in [2.45, 2.75) is 36.6 Å². The largest absolute Gasteiger partial charge is 0.0984 e. The topological polar surface area (TPSA) is 0 Å². The third kappa shape index (κ3) is 5.83. The lowest BCUT2D eigenvalue weighted by Gasteiger charge is -1.99. The Morgan fingerprint density at radius 3 is 1.71 bits per heavy atom. The molecule has 2 aromatic carbocycles. The van der Waals surface area contributed by atoms with Crippen LogP contribution in [0.1, 0.15) is 47.8 Å². The van der Waals surface area contributed by atoms with Crippen LogP contribution in [-0.4, -0.2) is 0 Å². The summed E-state index contributed by atoms with van der Waals surface area (Å²) in [5, 5.41) is 2.50. The first-order valence-electron chi connectivity index (χ1n) is 5.79. The smallest absolute Gasteiger partial charge is 0.0178 e. The Bertz CT molecular complexity index is 633. The Kier molecular flexibility index (Phi) is 13.4. The molecule has 0 atom stereocenters. The molecule has 116 valence electrons. The lowest BCUT2D eigenvalue weighted by Crippen LogP contribution is -2.23. The predicted molar refractivity (Wildman–Crippen MR) is 103 cm³/mol. The fourth-order valence-corrected chi connectivity index (χ4v) is 1.90. The molecule has 21 heavy (non-hydrogen) atoms. The summed E-state index contributed by atoms with van der Waals surface area (Å²) in [7, 11) is 0. The van der Waals surface area contributed by atoms with E-state index in [-0.39, 0.29) is 29.7 Å². The van der Waals surface area contributed by atoms with Gasteiger partial charge in [0.2, 0.25) is 0 Å². The van der Waals surface area contributed by atoms with Gasteiger partial charge in [0.05, 0.1) is 0 Å². The minimum absolute atomic E-state index is 0. The Morgan fingerprint density at radius 2 is 1.19 bits per heavy atom. The number of hydrogen-bond acceptors (Lipinski definition) is 0. The van der Waals surface area contributed by atoms with Gasteiger partial charge in [0.1, 0.15) is 0 Å². The molecule has 0 saturated carbocycles. The van der Waals surface area contributed by atoms with Crippen molar-refractivity contribution in [2.75, 3.05) is 0 Å². The molecular weight excluding hydrogens is 252 g/mol. The van der Waals surface area contributed by atoms with Gasteiger partial charge in [-0.1, -0.05) is 97.0 Å². The van der Waals surface area contributed by atoms with Gasteiger partial charge in [0.15, 0.2) is 0 Å². The van der Waals surface area contributed by atoms with Crippen molar-refractivity contribution in [3.63, 3.8) is 0 Å². The minimum atomic E-state index is 0. The molecule has 0 aromatic heterocycles. The predicted octanol–water partition coefficient (Wildman–Crippen LogP) is 5.50. The molecule has 0 spiro atoms. The van der Waals surface area contributed by atoms with Crippen LogP contribution in [0.2, 0.25) is 0 Å². The van der Waals surface area contributed by atoms with Gasteiger partial charge in [-0.15, -0.1) is 0 Å². The van der Waals surface area contributed by atoms with E-state index in [4.69, 9.17) is 0 Å². The highest BCUT2D eigenvalue weighted by molar-refractivity contribution is 5.64. The van der Waals surface area contributed by atoms with Crippen molar-refractivity contribution in [3.8, 4) is 0 Å². The van der Waals surface area contributed by atoms with E-state index in [1.165, 1.54) is 21.6 Å². The molecule has 0 bridgehead atoms. The van der Waals surface area contributed by atoms with Gasteiger partial charge in [-0.2, -0.15) is 0 Å². The normalized spacial score (nSPS) is 10.3. The summed E-state index contributed by atoms with van der Waals surface area (Å²) in [6.07, 6.45) is 6.22. The van der Waals surface area contributed by atoms with Crippen molar-refractivity contribution < 1.29 is 0 Å². The second kappa shape index (κ2) is 11.7. The third-order valence-electron chi connectivity index (χ3n) is 2.83. The molecule has 0 saturated heterocycles. The van der Waals surface area contributed by atoms with Gasteiger partial charge >= 0.3 is 0 Å². The maximum Gasteiger partial charge on any atom is -0.0178 e. The highest BCUT2D eigenvalue weighted by atomic mass is 14.0. The van der Waals surface area contributed by atoms with Crippen LogP contribution in [0.3, 0.4) is 0 Å². The molecule has 2 aromatic rings. The summed E-state index contributed by atoms with van der Waals surface area (Å²) in [4.78, 5) is 0. The Hall–Kier alpha value is -2.08. The Balaban J connectivity index is -0.000000810. The first-order chi connectivity index (χ1) is 8.35. The molecule has 0 heteroatoms. The lowest BCUT2D eigenvalue weighted by molar-refractivity contribution is 1.49. The van der Waals surface area contributed by atoms with E-state index in [0.29, 0.717) is 0 Å². The summed E-state index contributed by atoms with van der Waals surface area (Å²) in [6, 6.07) is 16.7.